The van der Waals surface area contributed by atoms with Gasteiger partial charge in [-0.2, -0.15) is 0 Å². The first kappa shape index (κ1) is 9.62. The first-order chi connectivity index (χ1) is 6.51. The van der Waals surface area contributed by atoms with Gasteiger partial charge in [0.2, 0.25) is 0 Å². The molecule has 1 aliphatic rings. The zero-order valence-corrected chi connectivity index (χ0v) is 8.13. The van der Waals surface area contributed by atoms with Crippen LogP contribution in [0.2, 0.25) is 0 Å². The second-order valence-corrected chi connectivity index (χ2v) is 4.18. The topological polar surface area (TPSA) is 46.2 Å². The number of nitrogens with two attached hydrogens (primary N) is 1. The van der Waals surface area contributed by atoms with Gasteiger partial charge in [-0.05, 0) is 25.8 Å². The quantitative estimate of drug-likeness (QED) is 0.712. The van der Waals surface area contributed by atoms with E-state index in [2.05, 4.69) is 0 Å². The minimum Gasteiger partial charge on any atom is -0.385 e. The van der Waals surface area contributed by atoms with Crippen molar-refractivity contribution >= 4 is 0 Å². The fraction of sp³-hybridized carbons (Fsp3) is 0.455. The molecule has 76 valence electrons. The third-order valence-electron chi connectivity index (χ3n) is 2.82. The maximum Gasteiger partial charge on any atom is 0.129 e. The predicted molar refractivity (Wildman–Crippen MR) is 52.2 cm³/mol. The second kappa shape index (κ2) is 3.04. The Bertz CT molecular complexity index is 358. The van der Waals surface area contributed by atoms with Crippen LogP contribution >= 0.6 is 0 Å². The summed E-state index contributed by atoms with van der Waals surface area (Å²) in [5.74, 6) is -0.343. The maximum absolute atomic E-state index is 13.4. The molecular formula is C11H14FNO. The molecule has 1 aromatic rings. The maximum atomic E-state index is 13.4. The summed E-state index contributed by atoms with van der Waals surface area (Å²) in [6.45, 7) is 1.88. The van der Waals surface area contributed by atoms with E-state index in [-0.39, 0.29) is 11.9 Å². The molecular weight excluding hydrogens is 181 g/mol. The summed E-state index contributed by atoms with van der Waals surface area (Å²) in [7, 11) is 0. The lowest BCUT2D eigenvalue weighted by Gasteiger charge is -2.42. The number of benzene rings is 1. The first-order valence-corrected chi connectivity index (χ1v) is 4.76. The number of hydrogen-bond acceptors (Lipinski definition) is 2. The minimum absolute atomic E-state index is 0.0000813. The summed E-state index contributed by atoms with van der Waals surface area (Å²) < 4.78 is 13.4. The predicted octanol–water partition coefficient (Wildman–Crippen LogP) is 1.44. The van der Waals surface area contributed by atoms with Crippen molar-refractivity contribution in [1.82, 2.24) is 0 Å². The molecule has 3 N–H and O–H groups in total. The van der Waals surface area contributed by atoms with Crippen LogP contribution < -0.4 is 5.73 Å². The third kappa shape index (κ3) is 1.42. The number of rotatable bonds is 1. The number of aliphatic hydroxyl groups is 1. The average Bonchev–Trinajstić information content (AvgIpc) is 2.07. The highest BCUT2D eigenvalue weighted by molar-refractivity contribution is 5.31. The largest absolute Gasteiger partial charge is 0.385 e. The molecule has 0 bridgehead atoms. The van der Waals surface area contributed by atoms with Gasteiger partial charge >= 0.3 is 0 Å². The Kier molecular flexibility index (Phi) is 2.09. The van der Waals surface area contributed by atoms with Crippen LogP contribution in [0.15, 0.2) is 18.2 Å². The highest BCUT2D eigenvalue weighted by Gasteiger charge is 2.43. The van der Waals surface area contributed by atoms with E-state index >= 15 is 0 Å². The summed E-state index contributed by atoms with van der Waals surface area (Å²) in [4.78, 5) is 0. The molecule has 0 unspecified atom stereocenters. The van der Waals surface area contributed by atoms with Crippen LogP contribution in [0.25, 0.3) is 0 Å². The molecule has 2 rings (SSSR count). The number of halogens is 1. The standard InChI is InChI=1S/C11H14FNO/c1-7-2-3-10(12)9(4-7)11(14)5-8(13)6-11/h2-4,8,14H,5-6,13H2,1H3. The fourth-order valence-corrected chi connectivity index (χ4v) is 2.02. The molecule has 14 heavy (non-hydrogen) atoms. The van der Waals surface area contributed by atoms with Crippen LogP contribution in [0.5, 0.6) is 0 Å². The fourth-order valence-electron chi connectivity index (χ4n) is 2.02. The molecule has 0 saturated heterocycles. The first-order valence-electron chi connectivity index (χ1n) is 4.76. The van der Waals surface area contributed by atoms with E-state index in [1.165, 1.54) is 6.07 Å². The molecule has 0 atom stereocenters. The normalized spacial score (nSPS) is 31.3. The van der Waals surface area contributed by atoms with Crippen molar-refractivity contribution in [2.24, 2.45) is 5.73 Å². The van der Waals surface area contributed by atoms with Gasteiger partial charge in [-0.15, -0.1) is 0 Å². The molecule has 0 aromatic heterocycles. The molecule has 1 aliphatic carbocycles. The average molecular weight is 195 g/mol. The van der Waals surface area contributed by atoms with Crippen LogP contribution in [0, 0.1) is 12.7 Å². The molecule has 2 nitrogen and oxygen atoms in total. The number of aryl methyl sites for hydroxylation is 1. The summed E-state index contributed by atoms with van der Waals surface area (Å²) in [5.41, 5.74) is 5.91. The monoisotopic (exact) mass is 195 g/mol. The van der Waals surface area contributed by atoms with Gasteiger partial charge in [0.15, 0.2) is 0 Å². The minimum atomic E-state index is -1.03. The van der Waals surface area contributed by atoms with Crippen molar-refractivity contribution < 1.29 is 9.50 Å². The Hall–Kier alpha value is -0.930. The molecule has 0 amide bonds. The van der Waals surface area contributed by atoms with E-state index in [1.54, 1.807) is 12.1 Å². The Morgan fingerprint density at radius 1 is 1.50 bits per heavy atom. The van der Waals surface area contributed by atoms with Gasteiger partial charge in [0.1, 0.15) is 5.82 Å². The van der Waals surface area contributed by atoms with Crippen LogP contribution in [0.4, 0.5) is 4.39 Å². The highest BCUT2D eigenvalue weighted by atomic mass is 19.1. The van der Waals surface area contributed by atoms with Crippen LogP contribution in [-0.2, 0) is 5.60 Å². The zero-order chi connectivity index (χ0) is 10.3. The molecule has 0 aliphatic heterocycles. The molecule has 1 saturated carbocycles. The lowest BCUT2D eigenvalue weighted by molar-refractivity contribution is -0.0550. The summed E-state index contributed by atoms with van der Waals surface area (Å²) in [5, 5.41) is 10.0. The van der Waals surface area contributed by atoms with E-state index in [4.69, 9.17) is 5.73 Å². The van der Waals surface area contributed by atoms with E-state index in [1.807, 2.05) is 6.92 Å². The Labute approximate surface area is 82.5 Å². The number of hydrogen-bond donors (Lipinski definition) is 2. The van der Waals surface area contributed by atoms with Crippen LogP contribution in [0.3, 0.4) is 0 Å². The van der Waals surface area contributed by atoms with Crippen molar-refractivity contribution in [3.8, 4) is 0 Å². The van der Waals surface area contributed by atoms with E-state index in [9.17, 15) is 9.50 Å². The van der Waals surface area contributed by atoms with E-state index in [0.29, 0.717) is 18.4 Å². The smallest absolute Gasteiger partial charge is 0.129 e. The summed E-state index contributed by atoms with van der Waals surface area (Å²) in [6.07, 6.45) is 0.904. The SMILES string of the molecule is Cc1ccc(F)c(C2(O)CC(N)C2)c1. The summed E-state index contributed by atoms with van der Waals surface area (Å²) in [6, 6.07) is 4.79. The third-order valence-corrected chi connectivity index (χ3v) is 2.82. The zero-order valence-electron chi connectivity index (χ0n) is 8.13. The van der Waals surface area contributed by atoms with Gasteiger partial charge in [-0.1, -0.05) is 17.7 Å². The Morgan fingerprint density at radius 3 is 2.71 bits per heavy atom. The van der Waals surface area contributed by atoms with E-state index < -0.39 is 5.60 Å². The van der Waals surface area contributed by atoms with Crippen molar-refractivity contribution in [1.29, 1.82) is 0 Å². The molecule has 3 heteroatoms. The van der Waals surface area contributed by atoms with Crippen molar-refractivity contribution in [3.05, 3.63) is 35.1 Å². The van der Waals surface area contributed by atoms with Crippen molar-refractivity contribution in [2.75, 3.05) is 0 Å². The van der Waals surface area contributed by atoms with E-state index in [0.717, 1.165) is 5.56 Å². The van der Waals surface area contributed by atoms with Gasteiger partial charge < -0.3 is 10.8 Å². The molecule has 0 heterocycles. The van der Waals surface area contributed by atoms with Gasteiger partial charge in [0.05, 0.1) is 5.60 Å². The Balaban J connectivity index is 2.36. The lowest BCUT2D eigenvalue weighted by atomic mass is 9.71. The second-order valence-electron chi connectivity index (χ2n) is 4.18. The molecule has 1 aromatic carbocycles. The van der Waals surface area contributed by atoms with Crippen LogP contribution in [0.1, 0.15) is 24.0 Å². The molecule has 0 radical (unpaired) electrons. The van der Waals surface area contributed by atoms with Gasteiger partial charge in [-0.3, -0.25) is 0 Å². The van der Waals surface area contributed by atoms with Crippen LogP contribution in [-0.4, -0.2) is 11.1 Å². The molecule has 1 fully saturated rings. The van der Waals surface area contributed by atoms with Crippen molar-refractivity contribution in [2.45, 2.75) is 31.4 Å². The van der Waals surface area contributed by atoms with Gasteiger partial charge in [-0.25, -0.2) is 4.39 Å². The highest BCUT2D eigenvalue weighted by Crippen LogP contribution is 2.41. The van der Waals surface area contributed by atoms with Gasteiger partial charge in [0, 0.05) is 11.6 Å². The Morgan fingerprint density at radius 2 is 2.14 bits per heavy atom. The summed E-state index contributed by atoms with van der Waals surface area (Å²) >= 11 is 0. The molecule has 0 spiro atoms. The van der Waals surface area contributed by atoms with Crippen molar-refractivity contribution in [3.63, 3.8) is 0 Å². The van der Waals surface area contributed by atoms with Gasteiger partial charge in [0.25, 0.3) is 0 Å². The lowest BCUT2D eigenvalue weighted by Crippen LogP contribution is -2.49.